The molecule has 1 fully saturated rings. The molecule has 0 aromatic heterocycles. The summed E-state index contributed by atoms with van der Waals surface area (Å²) in [6, 6.07) is 7.18. The minimum atomic E-state index is -1.30. The largest absolute Gasteiger partial charge is 0.482 e. The number of amides is 2. The van der Waals surface area contributed by atoms with E-state index in [9.17, 15) is 27.6 Å². The Kier molecular flexibility index (Phi) is 12.2. The van der Waals surface area contributed by atoms with E-state index in [4.69, 9.17) is 15.2 Å². The zero-order valence-corrected chi connectivity index (χ0v) is 22.2. The molecule has 1 aliphatic rings. The van der Waals surface area contributed by atoms with Crippen molar-refractivity contribution in [3.63, 3.8) is 0 Å². The van der Waals surface area contributed by atoms with Crippen LogP contribution in [-0.4, -0.2) is 59.6 Å². The van der Waals surface area contributed by atoms with Gasteiger partial charge in [0.05, 0.1) is 6.61 Å². The van der Waals surface area contributed by atoms with E-state index in [-0.39, 0.29) is 56.5 Å². The smallest absolute Gasteiger partial charge is 0.344 e. The average molecular weight is 576 g/mol. The fraction of sp³-hybridized carbons (Fsp3) is 0.400. The maximum absolute atomic E-state index is 13.9. The van der Waals surface area contributed by atoms with Crippen LogP contribution < -0.4 is 15.8 Å². The van der Waals surface area contributed by atoms with Gasteiger partial charge in [0.2, 0.25) is 5.91 Å². The number of hydrogen-bond acceptors (Lipinski definition) is 7. The van der Waals surface area contributed by atoms with Crippen molar-refractivity contribution >= 4 is 42.0 Å². The van der Waals surface area contributed by atoms with E-state index in [1.54, 1.807) is 31.2 Å². The lowest BCUT2D eigenvalue weighted by atomic mass is 10.0. The Morgan fingerprint density at radius 3 is 2.63 bits per heavy atom. The van der Waals surface area contributed by atoms with Gasteiger partial charge in [-0.15, -0.1) is 24.2 Å². The van der Waals surface area contributed by atoms with Crippen LogP contribution in [0.3, 0.4) is 0 Å². The molecule has 3 rings (SSSR count). The van der Waals surface area contributed by atoms with E-state index < -0.39 is 40.7 Å². The van der Waals surface area contributed by atoms with Gasteiger partial charge in [-0.05, 0) is 42.7 Å². The van der Waals surface area contributed by atoms with Gasteiger partial charge in [0.15, 0.2) is 23.6 Å². The molecule has 2 amide bonds. The molecule has 0 saturated carbocycles. The Hall–Kier alpha value is -2.96. The number of halogens is 4. The van der Waals surface area contributed by atoms with Crippen molar-refractivity contribution in [2.75, 3.05) is 25.5 Å². The van der Waals surface area contributed by atoms with Gasteiger partial charge in [0.1, 0.15) is 11.6 Å². The molecule has 1 heterocycles. The number of carbonyl (C=O) groups is 3. The minimum absolute atomic E-state index is 0. The molecule has 2 aromatic carbocycles. The van der Waals surface area contributed by atoms with Crippen LogP contribution in [0, 0.1) is 17.5 Å². The molecule has 2 aromatic rings. The molecular weight excluding hydrogens is 547 g/mol. The van der Waals surface area contributed by atoms with Gasteiger partial charge in [0, 0.05) is 37.4 Å². The lowest BCUT2D eigenvalue weighted by Crippen LogP contribution is -2.46. The van der Waals surface area contributed by atoms with E-state index >= 15 is 0 Å². The first-order chi connectivity index (χ1) is 17.7. The minimum Gasteiger partial charge on any atom is -0.482 e. The molecule has 1 unspecified atom stereocenters. The van der Waals surface area contributed by atoms with Gasteiger partial charge < -0.3 is 25.4 Å². The number of thioether (sulfide) groups is 1. The second-order valence-electron chi connectivity index (χ2n) is 8.30. The Bertz CT molecular complexity index is 1140. The Morgan fingerprint density at radius 2 is 1.89 bits per heavy atom. The third-order valence-electron chi connectivity index (χ3n) is 5.47. The summed E-state index contributed by atoms with van der Waals surface area (Å²) in [5.74, 6) is -3.69. The normalized spacial score (nSPS) is 15.4. The second kappa shape index (κ2) is 14.8. The van der Waals surface area contributed by atoms with Crippen LogP contribution in [0.5, 0.6) is 5.75 Å². The summed E-state index contributed by atoms with van der Waals surface area (Å²) >= 11 is 1.30. The lowest BCUT2D eigenvalue weighted by Gasteiger charge is -2.24. The monoisotopic (exact) mass is 575 g/mol. The van der Waals surface area contributed by atoms with Crippen LogP contribution in [0.25, 0.3) is 0 Å². The quantitative estimate of drug-likeness (QED) is 0.313. The number of ether oxygens (including phenoxy) is 2. The highest BCUT2D eigenvalue weighted by molar-refractivity contribution is 8.00. The lowest BCUT2D eigenvalue weighted by molar-refractivity contribution is -0.145. The summed E-state index contributed by atoms with van der Waals surface area (Å²) in [4.78, 5) is 38.5. The zero-order chi connectivity index (χ0) is 26.9. The Balaban J connectivity index is 0.00000507. The van der Waals surface area contributed by atoms with Crippen molar-refractivity contribution in [1.82, 2.24) is 10.2 Å². The number of benzene rings is 2. The van der Waals surface area contributed by atoms with Crippen LogP contribution in [-0.2, 0) is 32.1 Å². The van der Waals surface area contributed by atoms with Gasteiger partial charge in [-0.1, -0.05) is 12.1 Å². The van der Waals surface area contributed by atoms with Gasteiger partial charge >= 0.3 is 5.97 Å². The van der Waals surface area contributed by atoms with E-state index in [0.29, 0.717) is 24.1 Å². The number of nitrogens with one attached hydrogen (secondary N) is 1. The summed E-state index contributed by atoms with van der Waals surface area (Å²) in [5.41, 5.74) is 6.58. The fourth-order valence-corrected chi connectivity index (χ4v) is 4.89. The standard InChI is InChI=1S/C25H28F3N3O5S.ClH/c1-2-35-23(33)14-36-18-5-3-4-15(8-18)13-30-24(34)25-31(6-7-37-25)22(32)11-17(29)9-16-10-20(27)21(28)12-19(16)26;/h3-5,8,10,12,17,25H,2,6-7,9,11,13-14,29H2,1H3,(H,30,34);1H/t17-,25?;/m1./s1. The Morgan fingerprint density at radius 1 is 1.16 bits per heavy atom. The fourth-order valence-electron chi connectivity index (χ4n) is 3.73. The highest BCUT2D eigenvalue weighted by Crippen LogP contribution is 2.25. The number of hydrogen-bond donors (Lipinski definition) is 2. The summed E-state index contributed by atoms with van der Waals surface area (Å²) in [6.07, 6.45) is -0.357. The molecule has 2 atom stereocenters. The van der Waals surface area contributed by atoms with Gasteiger partial charge in [-0.25, -0.2) is 18.0 Å². The molecule has 3 N–H and O–H groups in total. The van der Waals surface area contributed by atoms with Crippen molar-refractivity contribution < 1.29 is 37.0 Å². The second-order valence-corrected chi connectivity index (χ2v) is 9.48. The van der Waals surface area contributed by atoms with Crippen LogP contribution in [0.4, 0.5) is 13.2 Å². The van der Waals surface area contributed by atoms with Crippen LogP contribution in [0.15, 0.2) is 36.4 Å². The maximum Gasteiger partial charge on any atom is 0.344 e. The topological polar surface area (TPSA) is 111 Å². The number of carbonyl (C=O) groups excluding carboxylic acids is 3. The SMILES string of the molecule is CCOC(=O)COc1cccc(CNC(=O)C2SCCN2C(=O)C[C@H](N)Cc2cc(F)c(F)cc2F)c1.Cl. The molecule has 0 radical (unpaired) electrons. The van der Waals surface area contributed by atoms with Gasteiger partial charge in [-0.3, -0.25) is 9.59 Å². The number of rotatable bonds is 11. The number of nitrogens with zero attached hydrogens (tertiary/aromatic N) is 1. The number of nitrogens with two attached hydrogens (primary N) is 1. The first-order valence-corrected chi connectivity index (χ1v) is 12.7. The summed E-state index contributed by atoms with van der Waals surface area (Å²) in [6.45, 7) is 2.23. The molecule has 1 aliphatic heterocycles. The van der Waals surface area contributed by atoms with Crippen molar-refractivity contribution in [2.24, 2.45) is 5.73 Å². The van der Waals surface area contributed by atoms with E-state index in [2.05, 4.69) is 5.32 Å². The molecule has 8 nitrogen and oxygen atoms in total. The zero-order valence-electron chi connectivity index (χ0n) is 20.6. The molecule has 0 spiro atoms. The molecule has 1 saturated heterocycles. The van der Waals surface area contributed by atoms with E-state index in [1.807, 2.05) is 0 Å². The van der Waals surface area contributed by atoms with Gasteiger partial charge in [0.25, 0.3) is 5.91 Å². The summed E-state index contributed by atoms with van der Waals surface area (Å²) < 4.78 is 50.7. The van der Waals surface area contributed by atoms with Crippen molar-refractivity contribution in [2.45, 2.75) is 37.7 Å². The van der Waals surface area contributed by atoms with Crippen LogP contribution in [0.1, 0.15) is 24.5 Å². The van der Waals surface area contributed by atoms with Gasteiger partial charge in [-0.2, -0.15) is 0 Å². The first-order valence-electron chi connectivity index (χ1n) is 11.6. The molecular formula is C25H29ClF3N3O5S. The van der Waals surface area contributed by atoms with E-state index in [1.165, 1.54) is 16.7 Å². The van der Waals surface area contributed by atoms with Crippen molar-refractivity contribution in [1.29, 1.82) is 0 Å². The molecule has 0 bridgehead atoms. The Labute approximate surface area is 228 Å². The maximum atomic E-state index is 13.9. The van der Waals surface area contributed by atoms with Crippen molar-refractivity contribution in [3.05, 3.63) is 65.0 Å². The highest BCUT2D eigenvalue weighted by Gasteiger charge is 2.35. The molecule has 38 heavy (non-hydrogen) atoms. The van der Waals surface area contributed by atoms with E-state index in [0.717, 1.165) is 11.6 Å². The van der Waals surface area contributed by atoms with Crippen LogP contribution in [0.2, 0.25) is 0 Å². The highest BCUT2D eigenvalue weighted by atomic mass is 35.5. The third kappa shape index (κ3) is 8.81. The number of esters is 1. The third-order valence-corrected chi connectivity index (χ3v) is 6.67. The molecule has 208 valence electrons. The molecule has 0 aliphatic carbocycles. The van der Waals surface area contributed by atoms with Crippen molar-refractivity contribution in [3.8, 4) is 5.75 Å². The first kappa shape index (κ1) is 31.3. The van der Waals surface area contributed by atoms with Crippen LogP contribution >= 0.6 is 24.2 Å². The molecule has 13 heteroatoms. The summed E-state index contributed by atoms with van der Waals surface area (Å²) in [7, 11) is 0. The average Bonchev–Trinajstić information content (AvgIpc) is 3.35. The summed E-state index contributed by atoms with van der Waals surface area (Å²) in [5, 5.41) is 2.03. The predicted molar refractivity (Wildman–Crippen MR) is 138 cm³/mol. The predicted octanol–water partition coefficient (Wildman–Crippen LogP) is 2.95.